The molecule has 4 nitrogen and oxygen atoms in total. The van der Waals surface area contributed by atoms with Gasteiger partial charge in [-0.1, -0.05) is 6.58 Å². The molecule has 0 atom stereocenters. The van der Waals surface area contributed by atoms with Crippen LogP contribution in [0.15, 0.2) is 37.2 Å². The molecule has 0 bridgehead atoms. The maximum atomic E-state index is 11.6. The summed E-state index contributed by atoms with van der Waals surface area (Å²) in [4.78, 5) is 21.0. The minimum Gasteiger partial charge on any atom is -0.346 e. The number of amides is 1. The molecule has 0 saturated carbocycles. The molecule has 0 aromatic carbocycles. The SMILES string of the molecule is C=CC(=O)N1CCC(c2c[nH]c3ncccc23)CC1. The van der Waals surface area contributed by atoms with Crippen molar-refractivity contribution < 1.29 is 4.79 Å². The minimum atomic E-state index is 0.0408. The molecular weight excluding hydrogens is 238 g/mol. The van der Waals surface area contributed by atoms with Gasteiger partial charge in [0.1, 0.15) is 5.65 Å². The normalized spacial score (nSPS) is 16.7. The van der Waals surface area contributed by atoms with Gasteiger partial charge >= 0.3 is 0 Å². The molecule has 1 N–H and O–H groups in total. The van der Waals surface area contributed by atoms with E-state index in [1.54, 1.807) is 6.20 Å². The Balaban J connectivity index is 1.78. The Bertz CT molecular complexity index is 609. The molecule has 0 aliphatic carbocycles. The number of aromatic nitrogens is 2. The summed E-state index contributed by atoms with van der Waals surface area (Å²) >= 11 is 0. The maximum Gasteiger partial charge on any atom is 0.245 e. The van der Waals surface area contributed by atoms with Gasteiger partial charge in [-0.2, -0.15) is 0 Å². The number of piperidine rings is 1. The fourth-order valence-corrected chi connectivity index (χ4v) is 2.85. The fraction of sp³-hybridized carbons (Fsp3) is 0.333. The molecule has 0 radical (unpaired) electrons. The van der Waals surface area contributed by atoms with Gasteiger partial charge in [-0.05, 0) is 42.5 Å². The largest absolute Gasteiger partial charge is 0.346 e. The first-order valence-electron chi connectivity index (χ1n) is 6.63. The predicted molar refractivity (Wildman–Crippen MR) is 74.8 cm³/mol. The van der Waals surface area contributed by atoms with Crippen LogP contribution in [0, 0.1) is 0 Å². The van der Waals surface area contributed by atoms with Crippen LogP contribution in [-0.4, -0.2) is 33.9 Å². The number of H-pyrrole nitrogens is 1. The van der Waals surface area contributed by atoms with Crippen LogP contribution in [0.3, 0.4) is 0 Å². The van der Waals surface area contributed by atoms with Crippen molar-refractivity contribution in [2.45, 2.75) is 18.8 Å². The van der Waals surface area contributed by atoms with E-state index in [9.17, 15) is 4.79 Å². The Labute approximate surface area is 112 Å². The molecule has 19 heavy (non-hydrogen) atoms. The summed E-state index contributed by atoms with van der Waals surface area (Å²) in [5, 5.41) is 1.20. The van der Waals surface area contributed by atoms with Gasteiger partial charge in [0, 0.05) is 30.9 Å². The number of aromatic amines is 1. The van der Waals surface area contributed by atoms with E-state index in [-0.39, 0.29) is 5.91 Å². The van der Waals surface area contributed by atoms with E-state index in [0.717, 1.165) is 31.6 Å². The van der Waals surface area contributed by atoms with Gasteiger partial charge in [0.25, 0.3) is 0 Å². The van der Waals surface area contributed by atoms with Crippen molar-refractivity contribution in [3.63, 3.8) is 0 Å². The number of rotatable bonds is 2. The molecular formula is C15H17N3O. The van der Waals surface area contributed by atoms with Crippen molar-refractivity contribution in [3.8, 4) is 0 Å². The van der Waals surface area contributed by atoms with Crippen molar-refractivity contribution in [1.82, 2.24) is 14.9 Å². The van der Waals surface area contributed by atoms with E-state index >= 15 is 0 Å². The van der Waals surface area contributed by atoms with Crippen LogP contribution in [0.1, 0.15) is 24.3 Å². The Morgan fingerprint density at radius 1 is 1.47 bits per heavy atom. The van der Waals surface area contributed by atoms with Gasteiger partial charge in [-0.15, -0.1) is 0 Å². The second kappa shape index (κ2) is 4.88. The molecule has 3 heterocycles. The third-order valence-electron chi connectivity index (χ3n) is 3.90. The van der Waals surface area contributed by atoms with Crippen molar-refractivity contribution in [2.75, 3.05) is 13.1 Å². The summed E-state index contributed by atoms with van der Waals surface area (Å²) in [6.07, 6.45) is 7.26. The summed E-state index contributed by atoms with van der Waals surface area (Å²) in [5.41, 5.74) is 2.27. The molecule has 0 unspecified atom stereocenters. The molecule has 1 aliphatic heterocycles. The third kappa shape index (κ3) is 2.14. The third-order valence-corrected chi connectivity index (χ3v) is 3.90. The molecule has 1 saturated heterocycles. The average molecular weight is 255 g/mol. The average Bonchev–Trinajstić information content (AvgIpc) is 2.90. The first-order valence-corrected chi connectivity index (χ1v) is 6.63. The van der Waals surface area contributed by atoms with Crippen LogP contribution in [0.25, 0.3) is 11.0 Å². The highest BCUT2D eigenvalue weighted by molar-refractivity contribution is 5.87. The van der Waals surface area contributed by atoms with Gasteiger partial charge in [-0.3, -0.25) is 4.79 Å². The molecule has 98 valence electrons. The first-order chi connectivity index (χ1) is 9.29. The number of carbonyl (C=O) groups is 1. The summed E-state index contributed by atoms with van der Waals surface area (Å²) in [7, 11) is 0. The van der Waals surface area contributed by atoms with E-state index in [1.807, 2.05) is 11.0 Å². The summed E-state index contributed by atoms with van der Waals surface area (Å²) in [6.45, 7) is 5.16. The van der Waals surface area contributed by atoms with Gasteiger partial charge in [0.2, 0.25) is 5.91 Å². The first kappa shape index (κ1) is 12.0. The van der Waals surface area contributed by atoms with Crippen LogP contribution >= 0.6 is 0 Å². The second-order valence-electron chi connectivity index (χ2n) is 4.95. The number of nitrogens with zero attached hydrogens (tertiary/aromatic N) is 2. The van der Waals surface area contributed by atoms with Gasteiger partial charge in [-0.25, -0.2) is 4.98 Å². The fourth-order valence-electron chi connectivity index (χ4n) is 2.85. The standard InChI is InChI=1S/C15H17N3O/c1-2-14(19)18-8-5-11(6-9-18)13-10-17-15-12(13)4-3-7-16-15/h2-4,7,10-11H,1,5-6,8-9H2,(H,16,17). The van der Waals surface area contributed by atoms with Crippen LogP contribution in [0.2, 0.25) is 0 Å². The van der Waals surface area contributed by atoms with Crippen molar-refractivity contribution in [1.29, 1.82) is 0 Å². The number of carbonyl (C=O) groups excluding carboxylic acids is 1. The number of hydrogen-bond donors (Lipinski definition) is 1. The highest BCUT2D eigenvalue weighted by Crippen LogP contribution is 2.32. The molecule has 1 amide bonds. The number of pyridine rings is 1. The maximum absolute atomic E-state index is 11.6. The number of nitrogens with one attached hydrogen (secondary N) is 1. The van der Waals surface area contributed by atoms with Crippen LogP contribution < -0.4 is 0 Å². The van der Waals surface area contributed by atoms with E-state index in [0.29, 0.717) is 5.92 Å². The van der Waals surface area contributed by atoms with Gasteiger partial charge in [0.05, 0.1) is 0 Å². The number of hydrogen-bond acceptors (Lipinski definition) is 2. The van der Waals surface area contributed by atoms with E-state index in [2.05, 4.69) is 28.8 Å². The molecule has 0 spiro atoms. The van der Waals surface area contributed by atoms with Gasteiger partial charge in [0.15, 0.2) is 0 Å². The lowest BCUT2D eigenvalue weighted by atomic mass is 9.89. The molecule has 1 fully saturated rings. The monoisotopic (exact) mass is 255 g/mol. The van der Waals surface area contributed by atoms with Crippen LogP contribution in [0.5, 0.6) is 0 Å². The van der Waals surface area contributed by atoms with E-state index in [4.69, 9.17) is 0 Å². The Morgan fingerprint density at radius 2 is 2.26 bits per heavy atom. The quantitative estimate of drug-likeness (QED) is 0.838. The molecule has 4 heteroatoms. The summed E-state index contributed by atoms with van der Waals surface area (Å²) < 4.78 is 0. The lowest BCUT2D eigenvalue weighted by Crippen LogP contribution is -2.36. The molecule has 1 aliphatic rings. The number of likely N-dealkylation sites (tertiary alicyclic amines) is 1. The van der Waals surface area contributed by atoms with E-state index in [1.165, 1.54) is 17.0 Å². The summed E-state index contributed by atoms with van der Waals surface area (Å²) in [5.74, 6) is 0.547. The van der Waals surface area contributed by atoms with Crippen molar-refractivity contribution in [2.24, 2.45) is 0 Å². The zero-order chi connectivity index (χ0) is 13.2. The summed E-state index contributed by atoms with van der Waals surface area (Å²) in [6, 6.07) is 4.07. The molecule has 2 aromatic rings. The van der Waals surface area contributed by atoms with Crippen molar-refractivity contribution in [3.05, 3.63) is 42.7 Å². The van der Waals surface area contributed by atoms with E-state index < -0.39 is 0 Å². The highest BCUT2D eigenvalue weighted by atomic mass is 16.2. The van der Waals surface area contributed by atoms with Crippen molar-refractivity contribution >= 4 is 16.9 Å². The Hall–Kier alpha value is -2.10. The topological polar surface area (TPSA) is 49.0 Å². The molecule has 3 rings (SSSR count). The lowest BCUT2D eigenvalue weighted by Gasteiger charge is -2.31. The zero-order valence-electron chi connectivity index (χ0n) is 10.8. The van der Waals surface area contributed by atoms with Crippen LogP contribution in [0.4, 0.5) is 0 Å². The number of fused-ring (bicyclic) bond motifs is 1. The second-order valence-corrected chi connectivity index (χ2v) is 4.95. The van der Waals surface area contributed by atoms with Gasteiger partial charge < -0.3 is 9.88 Å². The highest BCUT2D eigenvalue weighted by Gasteiger charge is 2.24. The molecule has 2 aromatic heterocycles. The van der Waals surface area contributed by atoms with Crippen LogP contribution in [-0.2, 0) is 4.79 Å². The lowest BCUT2D eigenvalue weighted by molar-refractivity contribution is -0.127. The Morgan fingerprint density at radius 3 is 3.00 bits per heavy atom. The smallest absolute Gasteiger partial charge is 0.245 e. The zero-order valence-corrected chi connectivity index (χ0v) is 10.8. The Kier molecular flexibility index (Phi) is 3.07. The predicted octanol–water partition coefficient (Wildman–Crippen LogP) is 2.45. The minimum absolute atomic E-state index is 0.0408.